The summed E-state index contributed by atoms with van der Waals surface area (Å²) in [7, 11) is -6.14. The average molecular weight is 689 g/mol. The summed E-state index contributed by atoms with van der Waals surface area (Å²) in [4.78, 5) is 0. The highest BCUT2D eigenvalue weighted by atomic mass is 31.2. The number of hydrogen-bond acceptors (Lipinski definition) is 2. The zero-order valence-electron chi connectivity index (χ0n) is 28.2. The Morgan fingerprint density at radius 3 is 0.880 bits per heavy atom. The lowest BCUT2D eigenvalue weighted by Gasteiger charge is -2.62. The standard InChI is InChI=1S/C46H42O2P2/c47-49(40-13-5-1-6-14-40,41-15-7-2-8-16-41)44-25-21-36(22-26-44)46(38-30-34-29-35(32-38)33-39(46)31-34)37-23-27-45(28-24-37)50(48,42-17-9-3-10-18-42)43-19-11-4-12-20-43/h1-28,34-35,38-39H,29-33H2. The third kappa shape index (κ3) is 4.91. The van der Waals surface area contributed by atoms with E-state index in [1.54, 1.807) is 0 Å². The molecule has 4 aliphatic rings. The summed E-state index contributed by atoms with van der Waals surface area (Å²) in [6.07, 6.45) is 6.42. The van der Waals surface area contributed by atoms with Crippen LogP contribution in [0.3, 0.4) is 0 Å². The molecule has 0 aliphatic heterocycles. The van der Waals surface area contributed by atoms with E-state index in [4.69, 9.17) is 0 Å². The maximum absolute atomic E-state index is 15.2. The Labute approximate surface area is 296 Å². The first-order valence-corrected chi connectivity index (χ1v) is 21.6. The molecule has 4 bridgehead atoms. The van der Waals surface area contributed by atoms with Gasteiger partial charge in [-0.25, -0.2) is 0 Å². The smallest absolute Gasteiger partial charge is 0.171 e. The van der Waals surface area contributed by atoms with Crippen LogP contribution in [0.2, 0.25) is 0 Å². The molecule has 0 atom stereocenters. The average Bonchev–Trinajstić information content (AvgIpc) is 3.19. The molecule has 0 radical (unpaired) electrons. The molecule has 4 saturated carbocycles. The monoisotopic (exact) mass is 688 g/mol. The fourth-order valence-electron chi connectivity index (χ4n) is 10.4. The van der Waals surface area contributed by atoms with Crippen molar-refractivity contribution in [3.05, 3.63) is 181 Å². The molecule has 0 aromatic heterocycles. The van der Waals surface area contributed by atoms with Gasteiger partial charge in [0.15, 0.2) is 14.3 Å². The lowest BCUT2D eigenvalue weighted by atomic mass is 9.42. The maximum atomic E-state index is 15.2. The SMILES string of the molecule is O=P(c1ccccc1)(c1ccccc1)c1ccc(C2(c3ccc(P(=O)(c4ccccc4)c4ccccc4)cc3)C3CC4CC(C3)CC2C4)cc1. The van der Waals surface area contributed by atoms with Crippen LogP contribution in [0.25, 0.3) is 0 Å². The molecule has 4 heteroatoms. The van der Waals surface area contributed by atoms with Crippen LogP contribution in [-0.2, 0) is 14.5 Å². The van der Waals surface area contributed by atoms with E-state index < -0.39 is 14.3 Å². The maximum Gasteiger partial charge on any atom is 0.171 e. The van der Waals surface area contributed by atoms with Crippen LogP contribution in [0.1, 0.15) is 43.2 Å². The van der Waals surface area contributed by atoms with Gasteiger partial charge in [0, 0.05) is 37.2 Å². The van der Waals surface area contributed by atoms with Gasteiger partial charge in [0.2, 0.25) is 0 Å². The van der Waals surface area contributed by atoms with Crippen LogP contribution in [0, 0.1) is 23.7 Å². The summed E-state index contributed by atoms with van der Waals surface area (Å²) in [6, 6.07) is 57.8. The van der Waals surface area contributed by atoms with E-state index in [-0.39, 0.29) is 5.41 Å². The number of benzene rings is 6. The molecule has 0 spiro atoms. The van der Waals surface area contributed by atoms with Gasteiger partial charge in [-0.15, -0.1) is 0 Å². The number of rotatable bonds is 8. The van der Waals surface area contributed by atoms with Crippen molar-refractivity contribution in [2.75, 3.05) is 0 Å². The van der Waals surface area contributed by atoms with Crippen molar-refractivity contribution < 1.29 is 9.13 Å². The van der Waals surface area contributed by atoms with Crippen molar-refractivity contribution in [3.63, 3.8) is 0 Å². The third-order valence-corrected chi connectivity index (χ3v) is 18.5. The Balaban J connectivity index is 1.17. The molecule has 0 N–H and O–H groups in total. The summed E-state index contributed by atoms with van der Waals surface area (Å²) in [5, 5.41) is 5.19. The molecule has 6 aromatic carbocycles. The van der Waals surface area contributed by atoms with Gasteiger partial charge in [-0.3, -0.25) is 0 Å². The first-order valence-electron chi connectivity index (χ1n) is 18.2. The summed E-state index contributed by atoms with van der Waals surface area (Å²) in [5.41, 5.74) is 2.55. The second-order valence-corrected chi connectivity index (χ2v) is 20.4. The predicted octanol–water partition coefficient (Wildman–Crippen LogP) is 8.71. The van der Waals surface area contributed by atoms with Crippen molar-refractivity contribution in [2.24, 2.45) is 23.7 Å². The second-order valence-electron chi connectivity index (χ2n) is 14.8. The van der Waals surface area contributed by atoms with Crippen molar-refractivity contribution in [2.45, 2.75) is 37.5 Å². The van der Waals surface area contributed by atoms with Crippen LogP contribution in [0.4, 0.5) is 0 Å². The van der Waals surface area contributed by atoms with Crippen LogP contribution in [0.15, 0.2) is 170 Å². The Kier molecular flexibility index (Phi) is 7.95. The summed E-state index contributed by atoms with van der Waals surface area (Å²) in [5.74, 6) is 2.75. The van der Waals surface area contributed by atoms with E-state index in [2.05, 4.69) is 48.5 Å². The normalized spacial score (nSPS) is 22.3. The zero-order valence-corrected chi connectivity index (χ0v) is 30.0. The van der Waals surface area contributed by atoms with E-state index in [0.717, 1.165) is 43.7 Å². The Morgan fingerprint density at radius 2 is 0.600 bits per heavy atom. The lowest BCUT2D eigenvalue weighted by Crippen LogP contribution is -2.56. The van der Waals surface area contributed by atoms with E-state index in [1.165, 1.54) is 43.2 Å². The van der Waals surface area contributed by atoms with Crippen LogP contribution >= 0.6 is 14.3 Å². The number of hydrogen-bond donors (Lipinski definition) is 0. The predicted molar refractivity (Wildman–Crippen MR) is 209 cm³/mol. The molecule has 4 aliphatic carbocycles. The van der Waals surface area contributed by atoms with E-state index in [0.29, 0.717) is 11.8 Å². The molecule has 2 nitrogen and oxygen atoms in total. The second kappa shape index (κ2) is 12.5. The van der Waals surface area contributed by atoms with Gasteiger partial charge < -0.3 is 9.13 Å². The van der Waals surface area contributed by atoms with Gasteiger partial charge in [0.25, 0.3) is 0 Å². The van der Waals surface area contributed by atoms with Gasteiger partial charge in [0.05, 0.1) is 0 Å². The molecule has 0 heterocycles. The minimum atomic E-state index is -3.07. The Hall–Kier alpha value is -4.22. The lowest BCUT2D eigenvalue weighted by molar-refractivity contribution is -0.0418. The van der Waals surface area contributed by atoms with Crippen molar-refractivity contribution in [3.8, 4) is 0 Å². The molecule has 10 rings (SSSR count). The minimum absolute atomic E-state index is 0.128. The van der Waals surface area contributed by atoms with E-state index in [1.807, 2.05) is 121 Å². The molecule has 6 aromatic rings. The van der Waals surface area contributed by atoms with Crippen LogP contribution in [0.5, 0.6) is 0 Å². The minimum Gasteiger partial charge on any atom is -0.309 e. The van der Waals surface area contributed by atoms with Gasteiger partial charge >= 0.3 is 0 Å². The quantitative estimate of drug-likeness (QED) is 0.150. The largest absolute Gasteiger partial charge is 0.309 e. The fourth-order valence-corrected chi connectivity index (χ4v) is 15.7. The van der Waals surface area contributed by atoms with Gasteiger partial charge in [-0.2, -0.15) is 0 Å². The van der Waals surface area contributed by atoms with E-state index in [9.17, 15) is 0 Å². The molecular formula is C46H42O2P2. The highest BCUT2D eigenvalue weighted by Gasteiger charge is 2.58. The van der Waals surface area contributed by atoms with Crippen LogP contribution < -0.4 is 31.8 Å². The van der Waals surface area contributed by atoms with E-state index >= 15 is 9.13 Å². The molecule has 248 valence electrons. The highest BCUT2D eigenvalue weighted by molar-refractivity contribution is 7.85. The third-order valence-electron chi connectivity index (χ3n) is 12.3. The molecular weight excluding hydrogens is 646 g/mol. The van der Waals surface area contributed by atoms with Crippen LogP contribution in [-0.4, -0.2) is 0 Å². The Bertz CT molecular complexity index is 1940. The van der Waals surface area contributed by atoms with Gasteiger partial charge in [-0.1, -0.05) is 170 Å². The Morgan fingerprint density at radius 1 is 0.340 bits per heavy atom. The summed E-state index contributed by atoms with van der Waals surface area (Å²) in [6.45, 7) is 0. The zero-order chi connectivity index (χ0) is 33.8. The first kappa shape index (κ1) is 31.7. The topological polar surface area (TPSA) is 34.1 Å². The molecule has 0 unspecified atom stereocenters. The molecule has 0 amide bonds. The van der Waals surface area contributed by atoms with Gasteiger partial charge in [0.1, 0.15) is 0 Å². The van der Waals surface area contributed by atoms with Crippen molar-refractivity contribution >= 4 is 46.1 Å². The van der Waals surface area contributed by atoms with Crippen molar-refractivity contribution in [1.82, 2.24) is 0 Å². The molecule has 50 heavy (non-hydrogen) atoms. The molecule has 0 saturated heterocycles. The fraction of sp³-hybridized carbons (Fsp3) is 0.217. The first-order chi connectivity index (χ1) is 24.5. The summed E-state index contributed by atoms with van der Waals surface area (Å²) >= 11 is 0. The van der Waals surface area contributed by atoms with Crippen molar-refractivity contribution in [1.29, 1.82) is 0 Å². The molecule has 4 fully saturated rings. The summed E-state index contributed by atoms with van der Waals surface area (Å²) < 4.78 is 30.5. The van der Waals surface area contributed by atoms with Gasteiger partial charge in [-0.05, 0) is 66.9 Å². The highest BCUT2D eigenvalue weighted by Crippen LogP contribution is 2.65.